The van der Waals surface area contributed by atoms with Crippen molar-refractivity contribution in [1.82, 2.24) is 0 Å². The minimum absolute atomic E-state index is 0.0543. The topological polar surface area (TPSA) is 76.4 Å². The number of Topliss-reactive ketones (excluding diaryl/α,β-unsaturated/α-hetero) is 1. The number of ketones is 1. The van der Waals surface area contributed by atoms with E-state index in [1.807, 2.05) is 13.8 Å². The molecule has 1 aliphatic rings. The number of pyridine rings is 1. The van der Waals surface area contributed by atoms with Gasteiger partial charge in [-0.05, 0) is 57.6 Å². The van der Waals surface area contributed by atoms with Gasteiger partial charge in [0.15, 0.2) is 18.2 Å². The third kappa shape index (κ3) is 5.09. The van der Waals surface area contributed by atoms with Gasteiger partial charge in [-0.15, -0.1) is 11.3 Å². The Morgan fingerprint density at radius 3 is 2.79 bits per heavy atom. The van der Waals surface area contributed by atoms with E-state index in [0.717, 1.165) is 29.7 Å². The number of esters is 1. The van der Waals surface area contributed by atoms with Crippen molar-refractivity contribution < 1.29 is 23.7 Å². The highest BCUT2D eigenvalue weighted by Gasteiger charge is 2.30. The van der Waals surface area contributed by atoms with E-state index in [1.54, 1.807) is 29.1 Å². The van der Waals surface area contributed by atoms with Crippen LogP contribution in [0.15, 0.2) is 24.5 Å². The Kier molecular flexibility index (Phi) is 6.47. The summed E-state index contributed by atoms with van der Waals surface area (Å²) in [5.74, 6) is -0.128. The molecule has 1 amide bonds. The Hall–Kier alpha value is -2.54. The van der Waals surface area contributed by atoms with Crippen molar-refractivity contribution in [3.8, 4) is 0 Å². The number of anilines is 1. The van der Waals surface area contributed by atoms with E-state index in [-0.39, 0.29) is 30.3 Å². The average molecular weight is 416 g/mol. The van der Waals surface area contributed by atoms with Crippen molar-refractivity contribution in [1.29, 1.82) is 0 Å². The molecular formula is C22H27N2O4S+. The highest BCUT2D eigenvalue weighted by atomic mass is 32.1. The van der Waals surface area contributed by atoms with Crippen LogP contribution in [0.25, 0.3) is 0 Å². The molecule has 0 aromatic carbocycles. The van der Waals surface area contributed by atoms with Crippen LogP contribution in [0.5, 0.6) is 0 Å². The molecule has 2 aromatic heterocycles. The van der Waals surface area contributed by atoms with E-state index in [0.29, 0.717) is 22.0 Å². The third-order valence-corrected chi connectivity index (χ3v) is 6.07. The molecule has 0 radical (unpaired) electrons. The second kappa shape index (κ2) is 8.86. The van der Waals surface area contributed by atoms with Crippen molar-refractivity contribution in [2.45, 2.75) is 59.6 Å². The zero-order chi connectivity index (χ0) is 21.1. The number of carbonyl (C=O) groups excluding carboxylic acids is 3. The Balaban J connectivity index is 1.84. The molecule has 1 atom stereocenters. The molecule has 3 rings (SSSR count). The smallest absolute Gasteiger partial charge is 0.341 e. The lowest BCUT2D eigenvalue weighted by molar-refractivity contribution is -0.684. The Morgan fingerprint density at radius 2 is 2.10 bits per heavy atom. The summed E-state index contributed by atoms with van der Waals surface area (Å²) in [5.41, 5.74) is 2.06. The van der Waals surface area contributed by atoms with E-state index in [2.05, 4.69) is 12.2 Å². The molecule has 6 nitrogen and oxygen atoms in total. The first kappa shape index (κ1) is 21.2. The van der Waals surface area contributed by atoms with Crippen molar-refractivity contribution in [2.75, 3.05) is 5.32 Å². The zero-order valence-electron chi connectivity index (χ0n) is 17.3. The summed E-state index contributed by atoms with van der Waals surface area (Å²) >= 11 is 1.47. The Labute approximate surface area is 174 Å². The zero-order valence-corrected chi connectivity index (χ0v) is 18.1. The number of ether oxygens (including phenoxy) is 1. The number of hydrogen-bond donors (Lipinski definition) is 1. The van der Waals surface area contributed by atoms with Crippen molar-refractivity contribution in [3.05, 3.63) is 46.1 Å². The van der Waals surface area contributed by atoms with Gasteiger partial charge in [0.2, 0.25) is 6.54 Å². The van der Waals surface area contributed by atoms with E-state index >= 15 is 0 Å². The number of thiophene rings is 1. The largest absolute Gasteiger partial charge is 0.459 e. The number of fused-ring (bicyclic) bond motifs is 1. The van der Waals surface area contributed by atoms with Crippen LogP contribution in [-0.4, -0.2) is 23.8 Å². The lowest BCUT2D eigenvalue weighted by Gasteiger charge is -2.18. The fourth-order valence-corrected chi connectivity index (χ4v) is 4.90. The van der Waals surface area contributed by atoms with Gasteiger partial charge in [-0.1, -0.05) is 6.92 Å². The van der Waals surface area contributed by atoms with Gasteiger partial charge >= 0.3 is 5.97 Å². The summed E-state index contributed by atoms with van der Waals surface area (Å²) in [4.78, 5) is 38.1. The number of carbonyl (C=O) groups is 3. The van der Waals surface area contributed by atoms with Crippen molar-refractivity contribution in [3.63, 3.8) is 0 Å². The molecule has 0 spiro atoms. The number of nitrogens with one attached hydrogen (secondary N) is 1. The monoisotopic (exact) mass is 415 g/mol. The summed E-state index contributed by atoms with van der Waals surface area (Å²) < 4.78 is 7.10. The van der Waals surface area contributed by atoms with Crippen LogP contribution < -0.4 is 9.88 Å². The van der Waals surface area contributed by atoms with Gasteiger partial charge < -0.3 is 10.1 Å². The SMILES string of the molecule is CC(=O)c1ccc[n+](CC(=O)Nc2sc3c(c2C(=O)OC(C)C)CC[C@H](C)C3)c1. The number of hydrogen-bond acceptors (Lipinski definition) is 5. The predicted molar refractivity (Wildman–Crippen MR) is 111 cm³/mol. The summed E-state index contributed by atoms with van der Waals surface area (Å²) in [6.07, 6.45) is 5.91. The average Bonchev–Trinajstić information content (AvgIpc) is 2.97. The minimum atomic E-state index is -0.381. The van der Waals surface area contributed by atoms with Crippen LogP contribution in [0.2, 0.25) is 0 Å². The molecule has 0 saturated carbocycles. The number of nitrogens with zero attached hydrogens (tertiary/aromatic N) is 1. The molecule has 2 aromatic rings. The quantitative estimate of drug-likeness (QED) is 0.445. The molecule has 1 aliphatic carbocycles. The standard InChI is InChI=1S/C22H26N2O4S/c1-13(2)28-22(27)20-17-8-7-14(3)10-18(17)29-21(20)23-19(26)12-24-9-5-6-16(11-24)15(4)25/h5-6,9,11,13-14H,7-8,10,12H2,1-4H3/p+1/t14-/m0/s1. The van der Waals surface area contributed by atoms with Crippen LogP contribution in [0, 0.1) is 5.92 Å². The maximum Gasteiger partial charge on any atom is 0.341 e. The number of rotatable bonds is 6. The Morgan fingerprint density at radius 1 is 1.34 bits per heavy atom. The van der Waals surface area contributed by atoms with Gasteiger partial charge in [-0.25, -0.2) is 4.79 Å². The first-order chi connectivity index (χ1) is 13.7. The fourth-order valence-electron chi connectivity index (χ4n) is 3.49. The van der Waals surface area contributed by atoms with Crippen LogP contribution in [-0.2, 0) is 28.9 Å². The second-order valence-corrected chi connectivity index (χ2v) is 8.98. The lowest BCUT2D eigenvalue weighted by Crippen LogP contribution is -2.40. The van der Waals surface area contributed by atoms with Crippen LogP contribution in [0.4, 0.5) is 5.00 Å². The number of amides is 1. The first-order valence-electron chi connectivity index (χ1n) is 9.90. The minimum Gasteiger partial charge on any atom is -0.459 e. The molecule has 1 N–H and O–H groups in total. The molecule has 154 valence electrons. The summed E-state index contributed by atoms with van der Waals surface area (Å²) in [7, 11) is 0. The molecule has 0 fully saturated rings. The Bertz CT molecular complexity index is 948. The van der Waals surface area contributed by atoms with Gasteiger partial charge in [0.1, 0.15) is 5.00 Å². The van der Waals surface area contributed by atoms with E-state index in [4.69, 9.17) is 4.74 Å². The van der Waals surface area contributed by atoms with E-state index < -0.39 is 0 Å². The summed E-state index contributed by atoms with van der Waals surface area (Å²) in [6.45, 7) is 7.37. The molecule has 0 aliphatic heterocycles. The molecule has 0 saturated heterocycles. The van der Waals surface area contributed by atoms with E-state index in [9.17, 15) is 14.4 Å². The van der Waals surface area contributed by atoms with Gasteiger partial charge in [0, 0.05) is 10.9 Å². The first-order valence-corrected chi connectivity index (χ1v) is 10.7. The second-order valence-electron chi connectivity index (χ2n) is 7.88. The molecule has 29 heavy (non-hydrogen) atoms. The van der Waals surface area contributed by atoms with Crippen molar-refractivity contribution in [2.24, 2.45) is 5.92 Å². The molecule has 0 unspecified atom stereocenters. The van der Waals surface area contributed by atoms with Crippen molar-refractivity contribution >= 4 is 34.0 Å². The molecular weight excluding hydrogens is 388 g/mol. The van der Waals surface area contributed by atoms with Gasteiger partial charge in [0.25, 0.3) is 5.91 Å². The molecule has 0 bridgehead atoms. The van der Waals surface area contributed by atoms with Crippen LogP contribution in [0.1, 0.15) is 65.3 Å². The van der Waals surface area contributed by atoms with E-state index in [1.165, 1.54) is 18.3 Å². The molecule has 7 heteroatoms. The summed E-state index contributed by atoms with van der Waals surface area (Å²) in [5, 5.41) is 3.47. The predicted octanol–water partition coefficient (Wildman–Crippen LogP) is 3.57. The fraction of sp³-hybridized carbons (Fsp3) is 0.455. The number of aromatic nitrogens is 1. The highest BCUT2D eigenvalue weighted by Crippen LogP contribution is 2.40. The normalized spacial score (nSPS) is 15.7. The van der Waals surface area contributed by atoms with Gasteiger partial charge in [-0.3, -0.25) is 9.59 Å². The molecule has 2 heterocycles. The van der Waals surface area contributed by atoms with Gasteiger partial charge in [0.05, 0.1) is 17.2 Å². The third-order valence-electron chi connectivity index (χ3n) is 4.90. The maximum absolute atomic E-state index is 12.7. The maximum atomic E-state index is 12.7. The summed E-state index contributed by atoms with van der Waals surface area (Å²) in [6, 6.07) is 3.45. The van der Waals surface area contributed by atoms with Crippen LogP contribution in [0.3, 0.4) is 0 Å². The highest BCUT2D eigenvalue weighted by molar-refractivity contribution is 7.17. The van der Waals surface area contributed by atoms with Gasteiger partial charge in [-0.2, -0.15) is 4.57 Å². The van der Waals surface area contributed by atoms with Crippen LogP contribution >= 0.6 is 11.3 Å². The lowest BCUT2D eigenvalue weighted by atomic mass is 9.88.